The molecule has 0 spiro atoms. The minimum absolute atomic E-state index is 0.0373. The molecule has 0 unspecified atom stereocenters. The van der Waals surface area contributed by atoms with Gasteiger partial charge in [0, 0.05) is 5.54 Å². The van der Waals surface area contributed by atoms with Crippen molar-refractivity contribution in [3.63, 3.8) is 0 Å². The highest BCUT2D eigenvalue weighted by Gasteiger charge is 2.25. The molecule has 0 atom stereocenters. The number of halogens is 1. The summed E-state index contributed by atoms with van der Waals surface area (Å²) in [5.74, 6) is 0.468. The van der Waals surface area contributed by atoms with Gasteiger partial charge in [0.05, 0.1) is 6.33 Å². The van der Waals surface area contributed by atoms with E-state index in [1.807, 2.05) is 0 Å². The number of H-pyrrole nitrogens is 1. The van der Waals surface area contributed by atoms with Crippen LogP contribution in [0.3, 0.4) is 0 Å². The van der Waals surface area contributed by atoms with Gasteiger partial charge in [0.15, 0.2) is 5.82 Å². The van der Waals surface area contributed by atoms with Crippen LogP contribution in [0.1, 0.15) is 40.0 Å². The Kier molecular flexibility index (Phi) is 4.35. The maximum absolute atomic E-state index is 11.3. The lowest BCUT2D eigenvalue weighted by Gasteiger charge is -2.32. The molecule has 0 fully saturated rings. The molecule has 1 rings (SSSR count). The third kappa shape index (κ3) is 2.55. The van der Waals surface area contributed by atoms with Crippen LogP contribution in [0.4, 0.5) is 5.82 Å². The van der Waals surface area contributed by atoms with Gasteiger partial charge in [-0.05, 0) is 19.3 Å². The van der Waals surface area contributed by atoms with Gasteiger partial charge in [-0.2, -0.15) is 0 Å². The second-order valence-electron chi connectivity index (χ2n) is 3.86. The molecule has 0 amide bonds. The van der Waals surface area contributed by atoms with Crippen molar-refractivity contribution in [1.29, 1.82) is 0 Å². The monoisotopic (exact) mass is 243 g/mol. The van der Waals surface area contributed by atoms with Crippen molar-refractivity contribution in [2.75, 3.05) is 5.32 Å². The molecule has 0 aliphatic heterocycles. The molecule has 2 N–H and O–H groups in total. The van der Waals surface area contributed by atoms with E-state index in [-0.39, 0.29) is 16.1 Å². The van der Waals surface area contributed by atoms with Crippen molar-refractivity contribution < 1.29 is 0 Å². The van der Waals surface area contributed by atoms with E-state index in [2.05, 4.69) is 36.1 Å². The summed E-state index contributed by atoms with van der Waals surface area (Å²) in [6, 6.07) is 0. The van der Waals surface area contributed by atoms with E-state index in [1.165, 1.54) is 6.33 Å². The quantitative estimate of drug-likeness (QED) is 0.836. The molecule has 4 nitrogen and oxygen atoms in total. The number of aromatic amines is 1. The fraction of sp³-hybridized carbons (Fsp3) is 0.636. The van der Waals surface area contributed by atoms with Gasteiger partial charge < -0.3 is 10.3 Å². The lowest BCUT2D eigenvalue weighted by atomic mass is 9.90. The van der Waals surface area contributed by atoms with Crippen molar-refractivity contribution in [2.24, 2.45) is 0 Å². The highest BCUT2D eigenvalue weighted by Crippen LogP contribution is 2.26. The molecular weight excluding hydrogens is 226 g/mol. The van der Waals surface area contributed by atoms with E-state index >= 15 is 0 Å². The average Bonchev–Trinajstić information content (AvgIpc) is 2.32. The van der Waals surface area contributed by atoms with Crippen LogP contribution in [0.2, 0.25) is 5.02 Å². The van der Waals surface area contributed by atoms with Crippen molar-refractivity contribution in [3.05, 3.63) is 21.7 Å². The van der Waals surface area contributed by atoms with E-state index in [0.29, 0.717) is 5.82 Å². The molecule has 1 aromatic rings. The molecule has 1 aromatic heterocycles. The van der Waals surface area contributed by atoms with Crippen LogP contribution < -0.4 is 10.9 Å². The third-order valence-corrected chi connectivity index (χ3v) is 3.56. The maximum atomic E-state index is 11.3. The summed E-state index contributed by atoms with van der Waals surface area (Å²) in [5.41, 5.74) is -0.346. The van der Waals surface area contributed by atoms with E-state index in [9.17, 15) is 4.79 Å². The SMILES string of the molecule is CCC(CC)(CC)Nc1nc[nH]c(=O)c1Cl. The summed E-state index contributed by atoms with van der Waals surface area (Å²) in [6.07, 6.45) is 4.25. The van der Waals surface area contributed by atoms with Crippen molar-refractivity contribution >= 4 is 17.4 Å². The van der Waals surface area contributed by atoms with E-state index in [4.69, 9.17) is 11.6 Å². The number of hydrogen-bond donors (Lipinski definition) is 2. The topological polar surface area (TPSA) is 57.8 Å². The second-order valence-corrected chi connectivity index (χ2v) is 4.24. The summed E-state index contributed by atoms with van der Waals surface area (Å²) in [6.45, 7) is 6.34. The Labute approximate surface area is 100 Å². The first-order valence-corrected chi connectivity index (χ1v) is 5.97. The first-order valence-electron chi connectivity index (χ1n) is 5.60. The predicted octanol–water partition coefficient (Wildman–Crippen LogP) is 2.80. The van der Waals surface area contributed by atoms with Crippen molar-refractivity contribution in [3.8, 4) is 0 Å². The number of rotatable bonds is 5. The standard InChI is InChI=1S/C11H18ClN3O/c1-4-11(5-2,6-3)15-9-8(12)10(16)14-7-13-9/h7H,4-6H2,1-3H3,(H2,13,14,15,16). The molecule has 0 saturated heterocycles. The molecule has 1 heterocycles. The largest absolute Gasteiger partial charge is 0.363 e. The van der Waals surface area contributed by atoms with Gasteiger partial charge in [-0.15, -0.1) is 0 Å². The van der Waals surface area contributed by atoms with Crippen LogP contribution in [-0.4, -0.2) is 15.5 Å². The van der Waals surface area contributed by atoms with Crippen LogP contribution in [0.5, 0.6) is 0 Å². The maximum Gasteiger partial charge on any atom is 0.271 e. The van der Waals surface area contributed by atoms with Gasteiger partial charge >= 0.3 is 0 Å². The highest BCUT2D eigenvalue weighted by atomic mass is 35.5. The molecule has 90 valence electrons. The summed E-state index contributed by atoms with van der Waals surface area (Å²) >= 11 is 5.90. The Balaban J connectivity index is 3.03. The van der Waals surface area contributed by atoms with Gasteiger partial charge in [-0.1, -0.05) is 32.4 Å². The van der Waals surface area contributed by atoms with Gasteiger partial charge in [0.25, 0.3) is 5.56 Å². The number of hydrogen-bond acceptors (Lipinski definition) is 3. The first-order chi connectivity index (χ1) is 7.58. The molecule has 0 bridgehead atoms. The third-order valence-electron chi connectivity index (χ3n) is 3.21. The van der Waals surface area contributed by atoms with Gasteiger partial charge in [0.1, 0.15) is 5.02 Å². The summed E-state index contributed by atoms with van der Waals surface area (Å²) in [5, 5.41) is 3.41. The van der Waals surface area contributed by atoms with E-state index in [0.717, 1.165) is 19.3 Å². The molecule has 16 heavy (non-hydrogen) atoms. The van der Waals surface area contributed by atoms with Crippen molar-refractivity contribution in [1.82, 2.24) is 9.97 Å². The molecule has 0 saturated carbocycles. The lowest BCUT2D eigenvalue weighted by Crippen LogP contribution is -2.37. The Morgan fingerprint density at radius 2 is 1.94 bits per heavy atom. The zero-order valence-electron chi connectivity index (χ0n) is 9.93. The smallest absolute Gasteiger partial charge is 0.271 e. The minimum Gasteiger partial charge on any atom is -0.363 e. The lowest BCUT2D eigenvalue weighted by molar-refractivity contribution is 0.419. The predicted molar refractivity (Wildman–Crippen MR) is 67.1 cm³/mol. The van der Waals surface area contributed by atoms with Gasteiger partial charge in [-0.25, -0.2) is 4.98 Å². The minimum atomic E-state index is -0.309. The Bertz CT molecular complexity index is 390. The zero-order valence-corrected chi connectivity index (χ0v) is 10.7. The zero-order chi connectivity index (χ0) is 12.2. The number of anilines is 1. The molecule has 0 aliphatic carbocycles. The summed E-state index contributed by atoms with van der Waals surface area (Å²) in [4.78, 5) is 17.8. The Hall–Kier alpha value is -1.03. The normalized spacial score (nSPS) is 11.5. The molecule has 5 heteroatoms. The second kappa shape index (κ2) is 5.34. The fourth-order valence-corrected chi connectivity index (χ4v) is 1.89. The van der Waals surface area contributed by atoms with E-state index < -0.39 is 0 Å². The van der Waals surface area contributed by atoms with E-state index in [1.54, 1.807) is 0 Å². The van der Waals surface area contributed by atoms with Crippen LogP contribution in [0.25, 0.3) is 0 Å². The van der Waals surface area contributed by atoms with Crippen LogP contribution in [0.15, 0.2) is 11.1 Å². The highest BCUT2D eigenvalue weighted by molar-refractivity contribution is 6.32. The fourth-order valence-electron chi connectivity index (χ4n) is 1.74. The van der Waals surface area contributed by atoms with Crippen LogP contribution in [-0.2, 0) is 0 Å². The molecule has 0 aliphatic rings. The van der Waals surface area contributed by atoms with Gasteiger partial charge in [-0.3, -0.25) is 4.79 Å². The van der Waals surface area contributed by atoms with Crippen molar-refractivity contribution in [2.45, 2.75) is 45.6 Å². The van der Waals surface area contributed by atoms with Crippen LogP contribution in [0, 0.1) is 0 Å². The number of nitrogens with one attached hydrogen (secondary N) is 2. The first kappa shape index (κ1) is 13.0. The molecular formula is C11H18ClN3O. The number of aromatic nitrogens is 2. The Morgan fingerprint density at radius 1 is 1.38 bits per heavy atom. The molecule has 0 radical (unpaired) electrons. The van der Waals surface area contributed by atoms with Gasteiger partial charge in [0.2, 0.25) is 0 Å². The van der Waals surface area contributed by atoms with Crippen LogP contribution >= 0.6 is 11.6 Å². The Morgan fingerprint density at radius 3 is 2.44 bits per heavy atom. The molecule has 0 aromatic carbocycles. The average molecular weight is 244 g/mol. The summed E-state index contributed by atoms with van der Waals surface area (Å²) in [7, 11) is 0. The number of nitrogens with zero attached hydrogens (tertiary/aromatic N) is 1. The summed E-state index contributed by atoms with van der Waals surface area (Å²) < 4.78 is 0.